The number of hydrogen-bond donors (Lipinski definition) is 2. The minimum atomic E-state index is -0.407. The molecule has 0 atom stereocenters. The van der Waals surface area contributed by atoms with E-state index in [1.807, 2.05) is 0 Å². The second-order valence-corrected chi connectivity index (χ2v) is 7.95. The molecule has 2 aromatic rings. The van der Waals surface area contributed by atoms with Crippen molar-refractivity contribution in [3.8, 4) is 11.5 Å². The normalized spacial score (nSPS) is 12.6. The molecule has 0 heterocycles. The molecule has 1 fully saturated rings. The average molecular weight is 460 g/mol. The molecule has 170 valence electrons. The van der Waals surface area contributed by atoms with Crippen LogP contribution in [0, 0.1) is 5.92 Å². The van der Waals surface area contributed by atoms with E-state index in [0.717, 1.165) is 12.8 Å². The molecule has 3 amide bonds. The van der Waals surface area contributed by atoms with Crippen LogP contribution in [-0.2, 0) is 14.4 Å². The highest BCUT2D eigenvalue weighted by Gasteiger charge is 2.28. The highest BCUT2D eigenvalue weighted by atomic mass is 35.5. The van der Waals surface area contributed by atoms with Gasteiger partial charge in [0, 0.05) is 17.3 Å². The average Bonchev–Trinajstić information content (AvgIpc) is 3.61. The number of carbonyl (C=O) groups excluding carboxylic acids is 3. The molecule has 8 nitrogen and oxygen atoms in total. The van der Waals surface area contributed by atoms with Gasteiger partial charge in [-0.3, -0.25) is 14.4 Å². The van der Waals surface area contributed by atoms with Crippen molar-refractivity contribution in [1.29, 1.82) is 0 Å². The van der Waals surface area contributed by atoms with Crippen molar-refractivity contribution in [2.45, 2.75) is 12.8 Å². The molecule has 1 aliphatic rings. The van der Waals surface area contributed by atoms with Crippen LogP contribution in [0.3, 0.4) is 0 Å². The number of nitrogens with zero attached hydrogens (tertiary/aromatic N) is 1. The molecule has 3 rings (SSSR count). The summed E-state index contributed by atoms with van der Waals surface area (Å²) in [6.45, 7) is -0.0133. The van der Waals surface area contributed by atoms with Crippen LogP contribution in [0.25, 0.3) is 0 Å². The van der Waals surface area contributed by atoms with Crippen LogP contribution >= 0.6 is 11.6 Å². The zero-order valence-electron chi connectivity index (χ0n) is 17.8. The Hall–Kier alpha value is -3.26. The van der Waals surface area contributed by atoms with Gasteiger partial charge in [-0.2, -0.15) is 0 Å². The van der Waals surface area contributed by atoms with Gasteiger partial charge in [-0.1, -0.05) is 11.6 Å². The molecule has 0 radical (unpaired) electrons. The third kappa shape index (κ3) is 7.77. The number of halogens is 1. The van der Waals surface area contributed by atoms with E-state index in [4.69, 9.17) is 21.1 Å². The fourth-order valence-electron chi connectivity index (χ4n) is 2.92. The SMILES string of the molecule is COc1ccc(NC(=O)CNC(=O)CN(CC2CC2)C(=O)COc2ccc(Cl)cc2)cc1. The summed E-state index contributed by atoms with van der Waals surface area (Å²) in [6.07, 6.45) is 2.07. The van der Waals surface area contributed by atoms with Crippen molar-refractivity contribution >= 4 is 35.0 Å². The molecule has 2 N–H and O–H groups in total. The van der Waals surface area contributed by atoms with Gasteiger partial charge in [-0.15, -0.1) is 0 Å². The van der Waals surface area contributed by atoms with Crippen LogP contribution in [0.4, 0.5) is 5.69 Å². The van der Waals surface area contributed by atoms with Gasteiger partial charge in [0.25, 0.3) is 5.91 Å². The molecule has 9 heteroatoms. The molecule has 0 saturated heterocycles. The lowest BCUT2D eigenvalue weighted by atomic mass is 10.3. The van der Waals surface area contributed by atoms with Gasteiger partial charge in [0.05, 0.1) is 20.2 Å². The summed E-state index contributed by atoms with van der Waals surface area (Å²) in [5.74, 6) is 0.543. The van der Waals surface area contributed by atoms with Crippen LogP contribution < -0.4 is 20.1 Å². The Balaban J connectivity index is 1.45. The summed E-state index contributed by atoms with van der Waals surface area (Å²) in [4.78, 5) is 38.5. The Morgan fingerprint density at radius 3 is 2.28 bits per heavy atom. The Labute approximate surface area is 191 Å². The topological polar surface area (TPSA) is 97.0 Å². The summed E-state index contributed by atoms with van der Waals surface area (Å²) in [6, 6.07) is 13.6. The van der Waals surface area contributed by atoms with E-state index in [9.17, 15) is 14.4 Å². The number of amides is 3. The lowest BCUT2D eigenvalue weighted by molar-refractivity contribution is -0.138. The van der Waals surface area contributed by atoms with Gasteiger partial charge >= 0.3 is 0 Å². The van der Waals surface area contributed by atoms with Crippen molar-refractivity contribution in [2.24, 2.45) is 5.92 Å². The number of ether oxygens (including phenoxy) is 2. The summed E-state index contributed by atoms with van der Waals surface area (Å²) in [5, 5.41) is 5.83. The van der Waals surface area contributed by atoms with Crippen molar-refractivity contribution in [2.75, 3.05) is 38.7 Å². The van der Waals surface area contributed by atoms with E-state index < -0.39 is 5.91 Å². The molecule has 1 saturated carbocycles. The number of nitrogens with one attached hydrogen (secondary N) is 2. The molecule has 0 aromatic heterocycles. The van der Waals surface area contributed by atoms with E-state index in [-0.39, 0.29) is 31.5 Å². The van der Waals surface area contributed by atoms with Gasteiger partial charge in [-0.25, -0.2) is 0 Å². The monoisotopic (exact) mass is 459 g/mol. The first-order valence-electron chi connectivity index (χ1n) is 10.3. The summed E-state index contributed by atoms with van der Waals surface area (Å²) in [5.41, 5.74) is 0.593. The van der Waals surface area contributed by atoms with E-state index in [1.165, 1.54) is 4.90 Å². The molecule has 2 aromatic carbocycles. The van der Waals surface area contributed by atoms with Crippen LogP contribution in [-0.4, -0.2) is 56.0 Å². The third-order valence-electron chi connectivity index (χ3n) is 4.86. The molecule has 0 bridgehead atoms. The Morgan fingerprint density at radius 2 is 1.66 bits per heavy atom. The molecule has 32 heavy (non-hydrogen) atoms. The van der Waals surface area contributed by atoms with E-state index >= 15 is 0 Å². The van der Waals surface area contributed by atoms with E-state index in [2.05, 4.69) is 10.6 Å². The Bertz CT molecular complexity index is 930. The van der Waals surface area contributed by atoms with E-state index in [0.29, 0.717) is 34.7 Å². The molecule has 1 aliphatic carbocycles. The van der Waals surface area contributed by atoms with Gasteiger partial charge in [-0.05, 0) is 67.3 Å². The predicted molar refractivity (Wildman–Crippen MR) is 121 cm³/mol. The minimum absolute atomic E-state index is 0.130. The number of methoxy groups -OCH3 is 1. The van der Waals surface area contributed by atoms with Crippen molar-refractivity contribution < 1.29 is 23.9 Å². The fraction of sp³-hybridized carbons (Fsp3) is 0.348. The van der Waals surface area contributed by atoms with Gasteiger partial charge < -0.3 is 25.0 Å². The second kappa shape index (κ2) is 11.4. The van der Waals surface area contributed by atoms with Crippen molar-refractivity contribution in [3.63, 3.8) is 0 Å². The molecular formula is C23H26ClN3O5. The summed E-state index contributed by atoms with van der Waals surface area (Å²) >= 11 is 5.85. The van der Waals surface area contributed by atoms with E-state index in [1.54, 1.807) is 55.6 Å². The largest absolute Gasteiger partial charge is 0.497 e. The molecule has 0 aliphatic heterocycles. The van der Waals surface area contributed by atoms with Gasteiger partial charge in [0.15, 0.2) is 6.61 Å². The maximum atomic E-state index is 12.6. The predicted octanol–water partition coefficient (Wildman–Crippen LogP) is 2.72. The maximum Gasteiger partial charge on any atom is 0.260 e. The lowest BCUT2D eigenvalue weighted by Crippen LogP contribution is -2.45. The smallest absolute Gasteiger partial charge is 0.260 e. The zero-order valence-corrected chi connectivity index (χ0v) is 18.6. The fourth-order valence-corrected chi connectivity index (χ4v) is 3.05. The van der Waals surface area contributed by atoms with Gasteiger partial charge in [0.1, 0.15) is 11.5 Å². The minimum Gasteiger partial charge on any atom is -0.497 e. The van der Waals surface area contributed by atoms with Crippen LogP contribution in [0.5, 0.6) is 11.5 Å². The van der Waals surface area contributed by atoms with Crippen LogP contribution in [0.2, 0.25) is 5.02 Å². The quantitative estimate of drug-likeness (QED) is 0.538. The zero-order chi connectivity index (χ0) is 22.9. The first-order valence-corrected chi connectivity index (χ1v) is 10.7. The number of benzene rings is 2. The standard InChI is InChI=1S/C23H26ClN3O5/c1-31-19-10-6-18(7-11-19)26-21(28)12-25-22(29)14-27(13-16-2-3-16)23(30)15-32-20-8-4-17(24)5-9-20/h4-11,16H,2-3,12-15H2,1H3,(H,25,29)(H,26,28). The summed E-state index contributed by atoms with van der Waals surface area (Å²) < 4.78 is 10.6. The molecule has 0 spiro atoms. The van der Waals surface area contributed by atoms with Crippen LogP contribution in [0.15, 0.2) is 48.5 Å². The number of anilines is 1. The first kappa shape index (κ1) is 23.4. The highest BCUT2D eigenvalue weighted by molar-refractivity contribution is 6.30. The highest BCUT2D eigenvalue weighted by Crippen LogP contribution is 2.29. The number of rotatable bonds is 11. The Morgan fingerprint density at radius 1 is 1.00 bits per heavy atom. The van der Waals surface area contributed by atoms with Crippen molar-refractivity contribution in [1.82, 2.24) is 10.2 Å². The summed E-state index contributed by atoms with van der Waals surface area (Å²) in [7, 11) is 1.56. The molecular weight excluding hydrogens is 434 g/mol. The molecule has 0 unspecified atom stereocenters. The maximum absolute atomic E-state index is 12.6. The first-order chi connectivity index (χ1) is 15.4. The van der Waals surface area contributed by atoms with Crippen LogP contribution in [0.1, 0.15) is 12.8 Å². The second-order valence-electron chi connectivity index (χ2n) is 7.51. The number of hydrogen-bond acceptors (Lipinski definition) is 5. The number of carbonyl (C=O) groups is 3. The third-order valence-corrected chi connectivity index (χ3v) is 5.11. The Kier molecular flexibility index (Phi) is 8.33. The van der Waals surface area contributed by atoms with Gasteiger partial charge in [0.2, 0.25) is 11.8 Å². The lowest BCUT2D eigenvalue weighted by Gasteiger charge is -2.22. The van der Waals surface area contributed by atoms with Crippen molar-refractivity contribution in [3.05, 3.63) is 53.6 Å².